The molecule has 206 valence electrons. The van der Waals surface area contributed by atoms with Crippen molar-refractivity contribution >= 4 is 39.8 Å². The highest BCUT2D eigenvalue weighted by molar-refractivity contribution is 6.33. The first-order chi connectivity index (χ1) is 18.9. The van der Waals surface area contributed by atoms with Gasteiger partial charge in [0.05, 0.1) is 54.1 Å². The molecule has 2 aromatic carbocycles. The maximum atomic E-state index is 6.60. The first kappa shape index (κ1) is 26.9. The van der Waals surface area contributed by atoms with Gasteiger partial charge in [-0.2, -0.15) is 0 Å². The van der Waals surface area contributed by atoms with Gasteiger partial charge in [-0.05, 0) is 33.2 Å². The highest BCUT2D eigenvalue weighted by Gasteiger charge is 2.21. The molecule has 0 unspecified atom stereocenters. The standard InChI is InChI=1S/C28H33ClN6O4/c1-5-37-16-17(14-34(2)3)39-24-12-25(36-4)22(11-21(24)30)32-28-31-13-20(29)26(33-28)19-15-35-9-10-38-23-8-6-7-18(19)27(23)35/h6-8,11-13,15,17H,5,9-10,14,16,30H2,1-4H3,(H,31,32,33)/t17-/m0/s1. The molecule has 5 rings (SSSR count). The van der Waals surface area contributed by atoms with Crippen molar-refractivity contribution in [3.8, 4) is 28.5 Å². The van der Waals surface area contributed by atoms with Gasteiger partial charge in [-0.15, -0.1) is 0 Å². The first-order valence-corrected chi connectivity index (χ1v) is 13.2. The number of benzene rings is 2. The van der Waals surface area contributed by atoms with Gasteiger partial charge in [0.1, 0.15) is 30.0 Å². The summed E-state index contributed by atoms with van der Waals surface area (Å²) in [6.45, 7) is 5.05. The second kappa shape index (κ2) is 11.6. The van der Waals surface area contributed by atoms with Crippen molar-refractivity contribution in [1.82, 2.24) is 19.4 Å². The summed E-state index contributed by atoms with van der Waals surface area (Å²) in [5.41, 5.74) is 10.0. The number of likely N-dealkylation sites (N-methyl/N-ethyl adjacent to an activating group) is 1. The van der Waals surface area contributed by atoms with Crippen LogP contribution in [0.5, 0.6) is 17.2 Å². The molecule has 4 aromatic rings. The maximum absolute atomic E-state index is 6.60. The van der Waals surface area contributed by atoms with E-state index < -0.39 is 0 Å². The summed E-state index contributed by atoms with van der Waals surface area (Å²) in [5, 5.41) is 4.70. The van der Waals surface area contributed by atoms with Crippen molar-refractivity contribution in [3.05, 3.63) is 47.7 Å². The second-order valence-corrected chi connectivity index (χ2v) is 9.91. The summed E-state index contributed by atoms with van der Waals surface area (Å²) in [5.74, 6) is 2.25. The smallest absolute Gasteiger partial charge is 0.227 e. The van der Waals surface area contributed by atoms with E-state index in [-0.39, 0.29) is 6.10 Å². The van der Waals surface area contributed by atoms with Gasteiger partial charge in [0, 0.05) is 36.4 Å². The fourth-order valence-electron chi connectivity index (χ4n) is 4.70. The molecule has 11 heteroatoms. The van der Waals surface area contributed by atoms with Gasteiger partial charge in [-0.1, -0.05) is 23.7 Å². The zero-order valence-corrected chi connectivity index (χ0v) is 23.3. The van der Waals surface area contributed by atoms with Crippen molar-refractivity contribution in [2.75, 3.05) is 58.6 Å². The summed E-state index contributed by atoms with van der Waals surface area (Å²) < 4.78 is 25.5. The van der Waals surface area contributed by atoms with Gasteiger partial charge in [0.25, 0.3) is 0 Å². The molecule has 0 bridgehead atoms. The summed E-state index contributed by atoms with van der Waals surface area (Å²) in [6, 6.07) is 9.49. The number of nitrogen functional groups attached to an aromatic ring is 1. The normalized spacial score (nSPS) is 13.4. The number of hydrogen-bond acceptors (Lipinski definition) is 9. The number of anilines is 3. The third-order valence-corrected chi connectivity index (χ3v) is 6.68. The number of nitrogens with one attached hydrogen (secondary N) is 1. The van der Waals surface area contributed by atoms with Crippen molar-refractivity contribution in [2.45, 2.75) is 19.6 Å². The van der Waals surface area contributed by atoms with Crippen LogP contribution in [0.1, 0.15) is 6.92 Å². The van der Waals surface area contributed by atoms with Crippen LogP contribution in [0.4, 0.5) is 17.3 Å². The molecule has 39 heavy (non-hydrogen) atoms. The topological polar surface area (TPSA) is 109 Å². The highest BCUT2D eigenvalue weighted by Crippen LogP contribution is 2.40. The van der Waals surface area contributed by atoms with Crippen molar-refractivity contribution < 1.29 is 18.9 Å². The fraction of sp³-hybridized carbons (Fsp3) is 0.357. The lowest BCUT2D eigenvalue weighted by molar-refractivity contribution is 0.0435. The largest absolute Gasteiger partial charge is 0.494 e. The van der Waals surface area contributed by atoms with E-state index in [1.165, 1.54) is 0 Å². The minimum atomic E-state index is -0.197. The Morgan fingerprint density at radius 3 is 2.87 bits per heavy atom. The van der Waals surface area contributed by atoms with E-state index in [0.717, 1.165) is 28.8 Å². The molecule has 0 fully saturated rings. The lowest BCUT2D eigenvalue weighted by Crippen LogP contribution is -2.34. The zero-order valence-electron chi connectivity index (χ0n) is 22.5. The van der Waals surface area contributed by atoms with Crippen molar-refractivity contribution in [3.63, 3.8) is 0 Å². The summed E-state index contributed by atoms with van der Waals surface area (Å²) in [4.78, 5) is 11.2. The first-order valence-electron chi connectivity index (χ1n) is 12.8. The Hall–Kier alpha value is -3.73. The number of aromatic nitrogens is 3. The average Bonchev–Trinajstić information content (AvgIpc) is 3.29. The van der Waals surface area contributed by atoms with E-state index in [2.05, 4.69) is 21.1 Å². The van der Waals surface area contributed by atoms with E-state index in [0.29, 0.717) is 65.9 Å². The zero-order chi connectivity index (χ0) is 27.5. The minimum absolute atomic E-state index is 0.197. The third-order valence-electron chi connectivity index (χ3n) is 6.40. The van der Waals surface area contributed by atoms with Crippen LogP contribution in [-0.4, -0.2) is 73.1 Å². The van der Waals surface area contributed by atoms with Gasteiger partial charge < -0.3 is 39.5 Å². The number of hydrogen-bond donors (Lipinski definition) is 2. The van der Waals surface area contributed by atoms with Crippen LogP contribution in [0.25, 0.3) is 22.2 Å². The number of nitrogens with two attached hydrogens (primary N) is 1. The van der Waals surface area contributed by atoms with Crippen LogP contribution >= 0.6 is 11.6 Å². The third kappa shape index (κ3) is 5.68. The predicted octanol–water partition coefficient (Wildman–Crippen LogP) is 4.82. The van der Waals surface area contributed by atoms with Crippen LogP contribution in [0.3, 0.4) is 0 Å². The SMILES string of the molecule is CCOC[C@H](CN(C)C)Oc1cc(OC)c(Nc2ncc(Cl)c(-c3cn4c5c(cccc35)OCC4)n2)cc1N. The fourth-order valence-corrected chi connectivity index (χ4v) is 4.90. The molecule has 0 amide bonds. The molecule has 1 aliphatic heterocycles. The molecule has 2 aromatic heterocycles. The molecular formula is C28H33ClN6O4. The van der Waals surface area contributed by atoms with E-state index in [4.69, 9.17) is 41.3 Å². The summed E-state index contributed by atoms with van der Waals surface area (Å²) in [7, 11) is 5.55. The van der Waals surface area contributed by atoms with E-state index >= 15 is 0 Å². The number of halogens is 1. The van der Waals surface area contributed by atoms with Gasteiger partial charge in [0.2, 0.25) is 5.95 Å². The van der Waals surface area contributed by atoms with Crippen LogP contribution < -0.4 is 25.3 Å². The Morgan fingerprint density at radius 1 is 1.26 bits per heavy atom. The number of rotatable bonds is 11. The lowest BCUT2D eigenvalue weighted by Gasteiger charge is -2.24. The molecule has 0 radical (unpaired) electrons. The van der Waals surface area contributed by atoms with E-state index in [1.54, 1.807) is 25.4 Å². The average molecular weight is 553 g/mol. The molecule has 3 heterocycles. The van der Waals surface area contributed by atoms with Crippen LogP contribution in [0, 0.1) is 0 Å². The Bertz CT molecular complexity index is 1470. The molecule has 1 atom stereocenters. The van der Waals surface area contributed by atoms with Gasteiger partial charge >= 0.3 is 0 Å². The molecular weight excluding hydrogens is 520 g/mol. The monoisotopic (exact) mass is 552 g/mol. The molecule has 10 nitrogen and oxygen atoms in total. The molecule has 3 N–H and O–H groups in total. The van der Waals surface area contributed by atoms with Gasteiger partial charge in [-0.3, -0.25) is 0 Å². The summed E-state index contributed by atoms with van der Waals surface area (Å²) in [6.07, 6.45) is 3.45. The number of ether oxygens (including phenoxy) is 4. The summed E-state index contributed by atoms with van der Waals surface area (Å²) >= 11 is 6.60. The lowest BCUT2D eigenvalue weighted by atomic mass is 10.1. The van der Waals surface area contributed by atoms with Crippen LogP contribution in [-0.2, 0) is 11.3 Å². The van der Waals surface area contributed by atoms with Gasteiger partial charge in [-0.25, -0.2) is 9.97 Å². The number of nitrogens with zero attached hydrogens (tertiary/aromatic N) is 4. The maximum Gasteiger partial charge on any atom is 0.227 e. The number of methoxy groups -OCH3 is 1. The van der Waals surface area contributed by atoms with Crippen molar-refractivity contribution in [2.24, 2.45) is 0 Å². The van der Waals surface area contributed by atoms with E-state index in [9.17, 15) is 0 Å². The predicted molar refractivity (Wildman–Crippen MR) is 154 cm³/mol. The molecule has 1 aliphatic rings. The van der Waals surface area contributed by atoms with Gasteiger partial charge in [0.15, 0.2) is 0 Å². The Kier molecular flexibility index (Phi) is 7.97. The second-order valence-electron chi connectivity index (χ2n) is 9.50. The Labute approximate surface area is 232 Å². The molecule has 0 aliphatic carbocycles. The minimum Gasteiger partial charge on any atom is -0.494 e. The highest BCUT2D eigenvalue weighted by atomic mass is 35.5. The molecule has 0 spiro atoms. The molecule has 0 saturated carbocycles. The van der Waals surface area contributed by atoms with Crippen LogP contribution in [0.15, 0.2) is 42.7 Å². The van der Waals surface area contributed by atoms with E-state index in [1.807, 2.05) is 44.1 Å². The Morgan fingerprint density at radius 2 is 2.10 bits per heavy atom. The quantitative estimate of drug-likeness (QED) is 0.253. The Balaban J connectivity index is 1.44. The van der Waals surface area contributed by atoms with Crippen LogP contribution in [0.2, 0.25) is 5.02 Å². The number of para-hydroxylation sites is 1. The van der Waals surface area contributed by atoms with Crippen molar-refractivity contribution in [1.29, 1.82) is 0 Å². The molecule has 0 saturated heterocycles.